The molecule has 1 aliphatic rings. The number of carboxylic acid groups (broad SMARTS) is 2. The summed E-state index contributed by atoms with van der Waals surface area (Å²) in [7, 11) is 0.681. The molecule has 0 radical (unpaired) electrons. The summed E-state index contributed by atoms with van der Waals surface area (Å²) in [5, 5.41) is 26.0. The van der Waals surface area contributed by atoms with E-state index in [0.717, 1.165) is 5.56 Å². The van der Waals surface area contributed by atoms with E-state index in [9.17, 15) is 18.5 Å². The Bertz CT molecular complexity index is 1210. The van der Waals surface area contributed by atoms with Gasteiger partial charge in [0.25, 0.3) is 5.69 Å². The van der Waals surface area contributed by atoms with E-state index in [0.29, 0.717) is 36.9 Å². The molecule has 0 amide bonds. The third-order valence-corrected chi connectivity index (χ3v) is 7.27. The van der Waals surface area contributed by atoms with Crippen molar-refractivity contribution in [1.82, 2.24) is 9.21 Å². The van der Waals surface area contributed by atoms with Crippen LogP contribution in [0.25, 0.3) is 0 Å². The van der Waals surface area contributed by atoms with Crippen molar-refractivity contribution in [2.45, 2.75) is 11.4 Å². The molecule has 1 heterocycles. The number of nitro benzene ring substituents is 1. The maximum Gasteiger partial charge on any atom is 0.414 e. The summed E-state index contributed by atoms with van der Waals surface area (Å²) in [6, 6.07) is 9.13. The summed E-state index contributed by atoms with van der Waals surface area (Å²) < 4.78 is 43.3. The molecule has 37 heavy (non-hydrogen) atoms. The second kappa shape index (κ2) is 12.8. The molecule has 1 saturated heterocycles. The number of sulfonamides is 1. The van der Waals surface area contributed by atoms with Gasteiger partial charge in [-0.05, 0) is 23.8 Å². The van der Waals surface area contributed by atoms with Crippen molar-refractivity contribution in [2.24, 2.45) is 0 Å². The van der Waals surface area contributed by atoms with Gasteiger partial charge < -0.3 is 24.4 Å². The lowest BCUT2D eigenvalue weighted by atomic mass is 10.1. The SMILES string of the molecule is COc1cc(CN2CCN(S(=O)(=O)c3ccccc3[N+](=O)[O-])CC2)cc(OC)c1OC.O=C(O)C(=O)O. The number of benzene rings is 2. The number of hydrogen-bond acceptors (Lipinski definition) is 10. The lowest BCUT2D eigenvalue weighted by Gasteiger charge is -2.34. The first kappa shape index (κ1) is 29.3. The fourth-order valence-corrected chi connectivity index (χ4v) is 5.16. The van der Waals surface area contributed by atoms with E-state index in [4.69, 9.17) is 34.0 Å². The second-order valence-corrected chi connectivity index (χ2v) is 9.46. The summed E-state index contributed by atoms with van der Waals surface area (Å²) in [6.45, 7) is 2.00. The molecule has 0 bridgehead atoms. The molecule has 0 spiro atoms. The number of nitro groups is 1. The van der Waals surface area contributed by atoms with Gasteiger partial charge in [-0.1, -0.05) is 12.1 Å². The number of nitrogens with zero attached hydrogens (tertiary/aromatic N) is 3. The Labute approximate surface area is 212 Å². The molecule has 1 fully saturated rings. The number of carboxylic acids is 2. The van der Waals surface area contributed by atoms with Gasteiger partial charge >= 0.3 is 11.9 Å². The Kier molecular flexibility index (Phi) is 10.2. The van der Waals surface area contributed by atoms with Crippen LogP contribution in [0.1, 0.15) is 5.56 Å². The smallest absolute Gasteiger partial charge is 0.414 e. The minimum Gasteiger partial charge on any atom is -0.493 e. The van der Waals surface area contributed by atoms with E-state index >= 15 is 0 Å². The highest BCUT2D eigenvalue weighted by atomic mass is 32.2. The van der Waals surface area contributed by atoms with Crippen molar-refractivity contribution < 1.29 is 47.4 Å². The maximum absolute atomic E-state index is 13.0. The van der Waals surface area contributed by atoms with Gasteiger partial charge in [-0.25, -0.2) is 18.0 Å². The lowest BCUT2D eigenvalue weighted by Crippen LogP contribution is -2.48. The minimum absolute atomic E-state index is 0.235. The molecular formula is C22H27N3O11S. The predicted molar refractivity (Wildman–Crippen MR) is 129 cm³/mol. The van der Waals surface area contributed by atoms with E-state index in [1.807, 2.05) is 12.1 Å². The molecule has 14 nitrogen and oxygen atoms in total. The molecule has 2 N–H and O–H groups in total. The molecule has 202 valence electrons. The van der Waals surface area contributed by atoms with Crippen molar-refractivity contribution in [3.63, 3.8) is 0 Å². The van der Waals surface area contributed by atoms with Gasteiger partial charge in [0.2, 0.25) is 15.8 Å². The van der Waals surface area contributed by atoms with E-state index in [1.165, 1.54) is 35.7 Å². The Morgan fingerprint density at radius 2 is 1.46 bits per heavy atom. The maximum atomic E-state index is 13.0. The molecule has 0 unspecified atom stereocenters. The molecule has 0 atom stereocenters. The average Bonchev–Trinajstić information content (AvgIpc) is 2.88. The highest BCUT2D eigenvalue weighted by Crippen LogP contribution is 2.38. The first-order chi connectivity index (χ1) is 17.5. The van der Waals surface area contributed by atoms with Gasteiger partial charge in [-0.2, -0.15) is 4.31 Å². The fraction of sp³-hybridized carbons (Fsp3) is 0.364. The van der Waals surface area contributed by atoms with Gasteiger partial charge in [0.1, 0.15) is 0 Å². The van der Waals surface area contributed by atoms with Crippen LogP contribution in [0.4, 0.5) is 5.69 Å². The number of methoxy groups -OCH3 is 3. The van der Waals surface area contributed by atoms with Crippen molar-refractivity contribution in [2.75, 3.05) is 47.5 Å². The standard InChI is InChI=1S/C20H25N3O7S.C2H2O4/c1-28-17-12-15(13-18(29-2)20(17)30-3)14-21-8-10-22(11-9-21)31(26,27)19-7-5-4-6-16(19)23(24)25;3-1(4)2(5)6/h4-7,12-13H,8-11,14H2,1-3H3;(H,3,4)(H,5,6). The van der Waals surface area contributed by atoms with Gasteiger partial charge in [0.05, 0.1) is 26.3 Å². The zero-order chi connectivity index (χ0) is 27.8. The molecule has 15 heteroatoms. The predicted octanol–water partition coefficient (Wildman–Crippen LogP) is 1.28. The quantitative estimate of drug-likeness (QED) is 0.277. The van der Waals surface area contributed by atoms with Crippen LogP contribution in [-0.2, 0) is 26.2 Å². The molecule has 0 aromatic heterocycles. The normalized spacial score (nSPS) is 14.1. The van der Waals surface area contributed by atoms with E-state index in [1.54, 1.807) is 14.2 Å². The van der Waals surface area contributed by atoms with E-state index in [2.05, 4.69) is 4.90 Å². The Hall–Kier alpha value is -3.95. The van der Waals surface area contributed by atoms with Crippen LogP contribution < -0.4 is 14.2 Å². The number of rotatable bonds is 8. The molecule has 0 saturated carbocycles. The Morgan fingerprint density at radius 1 is 0.946 bits per heavy atom. The van der Waals surface area contributed by atoms with E-state index in [-0.39, 0.29) is 18.0 Å². The van der Waals surface area contributed by atoms with Crippen LogP contribution >= 0.6 is 0 Å². The largest absolute Gasteiger partial charge is 0.493 e. The molecule has 2 aromatic carbocycles. The van der Waals surface area contributed by atoms with Crippen molar-refractivity contribution in [1.29, 1.82) is 0 Å². The Balaban J connectivity index is 0.000000717. The number of piperazine rings is 1. The van der Waals surface area contributed by atoms with Crippen LogP contribution in [0.15, 0.2) is 41.3 Å². The average molecular weight is 542 g/mol. The monoisotopic (exact) mass is 541 g/mol. The second-order valence-electron chi connectivity index (χ2n) is 7.55. The van der Waals surface area contributed by atoms with Crippen molar-refractivity contribution >= 4 is 27.6 Å². The van der Waals surface area contributed by atoms with Crippen molar-refractivity contribution in [3.8, 4) is 17.2 Å². The number of para-hydroxylation sites is 1. The summed E-state index contributed by atoms with van der Waals surface area (Å²) in [4.78, 5) is 30.6. The van der Waals surface area contributed by atoms with Gasteiger partial charge in [-0.15, -0.1) is 0 Å². The summed E-state index contributed by atoms with van der Waals surface area (Å²) >= 11 is 0. The summed E-state index contributed by atoms with van der Waals surface area (Å²) in [6.07, 6.45) is 0. The topological polar surface area (TPSA) is 186 Å². The van der Waals surface area contributed by atoms with Crippen LogP contribution in [0.5, 0.6) is 17.2 Å². The third kappa shape index (κ3) is 7.28. The molecule has 1 aliphatic heterocycles. The van der Waals surface area contributed by atoms with Crippen LogP contribution in [0.3, 0.4) is 0 Å². The zero-order valence-corrected chi connectivity index (χ0v) is 21.1. The summed E-state index contributed by atoms with van der Waals surface area (Å²) in [5.74, 6) is -2.04. The van der Waals surface area contributed by atoms with Crippen molar-refractivity contribution in [3.05, 3.63) is 52.1 Å². The zero-order valence-electron chi connectivity index (χ0n) is 20.3. The first-order valence-electron chi connectivity index (χ1n) is 10.7. The number of hydrogen-bond donors (Lipinski definition) is 2. The number of ether oxygens (including phenoxy) is 3. The van der Waals surface area contributed by atoms with Crippen LogP contribution in [-0.4, -0.2) is 92.2 Å². The highest BCUT2D eigenvalue weighted by molar-refractivity contribution is 7.89. The minimum atomic E-state index is -3.96. The van der Waals surface area contributed by atoms with Crippen LogP contribution in [0.2, 0.25) is 0 Å². The number of carbonyl (C=O) groups is 2. The third-order valence-electron chi connectivity index (χ3n) is 5.32. The summed E-state index contributed by atoms with van der Waals surface area (Å²) in [5.41, 5.74) is 0.520. The van der Waals surface area contributed by atoms with Gasteiger partial charge in [0, 0.05) is 38.8 Å². The number of aliphatic carboxylic acids is 2. The molecular weight excluding hydrogens is 514 g/mol. The molecule has 3 rings (SSSR count). The first-order valence-corrected chi connectivity index (χ1v) is 12.1. The van der Waals surface area contributed by atoms with Gasteiger partial charge in [-0.3, -0.25) is 15.0 Å². The molecule has 0 aliphatic carbocycles. The van der Waals surface area contributed by atoms with E-state index < -0.39 is 32.6 Å². The lowest BCUT2D eigenvalue weighted by molar-refractivity contribution is -0.387. The fourth-order valence-electron chi connectivity index (χ4n) is 3.58. The molecule has 2 aromatic rings. The van der Waals surface area contributed by atoms with Gasteiger partial charge in [0.15, 0.2) is 16.4 Å². The highest BCUT2D eigenvalue weighted by Gasteiger charge is 2.33. The van der Waals surface area contributed by atoms with Crippen LogP contribution in [0, 0.1) is 10.1 Å². The Morgan fingerprint density at radius 3 is 1.89 bits per heavy atom.